The average Bonchev–Trinajstić information content (AvgIpc) is 3.34. The number of imide groups is 1. The second-order valence-electron chi connectivity index (χ2n) is 14.7. The minimum atomic E-state index is -4.80. The van der Waals surface area contributed by atoms with Crippen LogP contribution in [0.5, 0.6) is 5.75 Å². The normalized spacial score (nSPS) is 18.9. The molecule has 306 valence electrons. The van der Waals surface area contributed by atoms with E-state index < -0.39 is 46.5 Å². The number of piperazine rings is 1. The van der Waals surface area contributed by atoms with E-state index in [0.29, 0.717) is 62.9 Å². The molecular formula is C40H42F4N8O5S. The van der Waals surface area contributed by atoms with Crippen molar-refractivity contribution < 1.29 is 41.5 Å². The summed E-state index contributed by atoms with van der Waals surface area (Å²) in [7, 11) is 0. The Morgan fingerprint density at radius 3 is 2.36 bits per heavy atom. The highest BCUT2D eigenvalue weighted by molar-refractivity contribution is 7.81. The molecule has 0 saturated carbocycles. The van der Waals surface area contributed by atoms with Crippen molar-refractivity contribution in [3.63, 3.8) is 0 Å². The molecule has 1 unspecified atom stereocenters. The van der Waals surface area contributed by atoms with Gasteiger partial charge in [0, 0.05) is 56.2 Å². The lowest BCUT2D eigenvalue weighted by molar-refractivity contribution is -0.138. The summed E-state index contributed by atoms with van der Waals surface area (Å²) in [6.45, 7) is 8.95. The highest BCUT2D eigenvalue weighted by Gasteiger charge is 2.51. The summed E-state index contributed by atoms with van der Waals surface area (Å²) in [6, 6.07) is 13.3. The molecule has 0 radical (unpaired) electrons. The minimum Gasteiger partial charge on any atom is -0.492 e. The standard InChI is InChI=1S/C40H42F4N8O5S/c1-4-24-17-30(52-38(58)51(37(56)39(52,2)3)29-6-5-25(22-45)31(21-29)40(42,43)44)7-9-33(24)57-16-15-49-11-13-50(14-12-49)23-35(54)47-28-19-26(41)18-27(20-28)46-32-8-10-34(53)48-36(32)55/h5-7,9,17-21,32,46H,4,8,10-16,23H2,1-3H3,(H,47,54)(H,48,53,55). The van der Waals surface area contributed by atoms with Gasteiger partial charge in [0.1, 0.15) is 29.8 Å². The first-order valence-electron chi connectivity index (χ1n) is 18.7. The van der Waals surface area contributed by atoms with Crippen LogP contribution in [0.3, 0.4) is 0 Å². The molecule has 0 bridgehead atoms. The van der Waals surface area contributed by atoms with E-state index >= 15 is 0 Å². The number of amides is 4. The third kappa shape index (κ3) is 9.22. The number of nitrogens with one attached hydrogen (secondary N) is 3. The predicted octanol–water partition coefficient (Wildman–Crippen LogP) is 5.05. The summed E-state index contributed by atoms with van der Waals surface area (Å²) in [6.07, 6.45) is -3.78. The van der Waals surface area contributed by atoms with Crippen molar-refractivity contribution >= 4 is 63.7 Å². The molecule has 3 aliphatic rings. The number of ether oxygens (including phenoxy) is 1. The maximum atomic E-state index is 14.4. The number of nitrogens with zero attached hydrogens (tertiary/aromatic N) is 5. The van der Waals surface area contributed by atoms with Gasteiger partial charge in [0.05, 0.1) is 29.4 Å². The van der Waals surface area contributed by atoms with Crippen molar-refractivity contribution in [1.29, 1.82) is 5.26 Å². The third-order valence-electron chi connectivity index (χ3n) is 10.3. The monoisotopic (exact) mass is 822 g/mol. The second-order valence-corrected chi connectivity index (χ2v) is 15.1. The molecule has 3 aliphatic heterocycles. The number of alkyl halides is 3. The number of nitriles is 1. The van der Waals surface area contributed by atoms with Crippen molar-refractivity contribution in [2.45, 2.75) is 57.8 Å². The molecule has 0 aliphatic carbocycles. The van der Waals surface area contributed by atoms with Crippen LogP contribution in [-0.4, -0.2) is 96.0 Å². The van der Waals surface area contributed by atoms with Crippen LogP contribution >= 0.6 is 12.2 Å². The number of hydrogen-bond donors (Lipinski definition) is 3. The number of anilines is 4. The number of benzene rings is 3. The second kappa shape index (κ2) is 17.1. The van der Waals surface area contributed by atoms with E-state index in [4.69, 9.17) is 17.0 Å². The van der Waals surface area contributed by atoms with Crippen LogP contribution in [0.15, 0.2) is 54.6 Å². The fourth-order valence-electron chi connectivity index (χ4n) is 7.22. The molecule has 6 rings (SSSR count). The van der Waals surface area contributed by atoms with Gasteiger partial charge >= 0.3 is 6.18 Å². The summed E-state index contributed by atoms with van der Waals surface area (Å²) in [5.41, 5.74) is -1.08. The van der Waals surface area contributed by atoms with Crippen LogP contribution in [-0.2, 0) is 31.8 Å². The van der Waals surface area contributed by atoms with Crippen LogP contribution < -0.4 is 30.5 Å². The summed E-state index contributed by atoms with van der Waals surface area (Å²) < 4.78 is 61.8. The van der Waals surface area contributed by atoms with Crippen molar-refractivity contribution in [1.82, 2.24) is 15.1 Å². The highest BCUT2D eigenvalue weighted by Crippen LogP contribution is 2.40. The maximum Gasteiger partial charge on any atom is 0.417 e. The van der Waals surface area contributed by atoms with Crippen molar-refractivity contribution in [2.24, 2.45) is 0 Å². The molecule has 3 N–H and O–H groups in total. The van der Waals surface area contributed by atoms with E-state index in [-0.39, 0.29) is 47.7 Å². The quantitative estimate of drug-likeness (QED) is 0.128. The number of carbonyl (C=O) groups excluding carboxylic acids is 4. The number of hydrogen-bond acceptors (Lipinski definition) is 10. The summed E-state index contributed by atoms with van der Waals surface area (Å²) >= 11 is 5.69. The van der Waals surface area contributed by atoms with Gasteiger partial charge in [-0.05, 0) is 99.1 Å². The minimum absolute atomic E-state index is 0.00242. The van der Waals surface area contributed by atoms with Gasteiger partial charge in [-0.1, -0.05) is 6.92 Å². The molecule has 0 spiro atoms. The van der Waals surface area contributed by atoms with Crippen molar-refractivity contribution in [3.05, 3.63) is 77.1 Å². The Labute approximate surface area is 337 Å². The van der Waals surface area contributed by atoms with E-state index in [1.54, 1.807) is 36.9 Å². The molecule has 58 heavy (non-hydrogen) atoms. The van der Waals surface area contributed by atoms with Crippen molar-refractivity contribution in [3.8, 4) is 11.8 Å². The fraction of sp³-hybridized carbons (Fsp3) is 0.400. The Kier molecular flexibility index (Phi) is 12.4. The molecule has 0 aromatic heterocycles. The molecule has 18 heteroatoms. The Morgan fingerprint density at radius 1 is 1.00 bits per heavy atom. The van der Waals surface area contributed by atoms with E-state index in [9.17, 15) is 42.0 Å². The molecule has 13 nitrogen and oxygen atoms in total. The largest absolute Gasteiger partial charge is 0.492 e. The molecule has 3 fully saturated rings. The summed E-state index contributed by atoms with van der Waals surface area (Å²) in [4.78, 5) is 57.0. The molecule has 3 aromatic rings. The SMILES string of the molecule is CCc1cc(N2C(=S)N(c3ccc(C#N)c(C(F)(F)F)c3)C(=O)C2(C)C)ccc1OCCN1CCN(CC(=O)Nc2cc(F)cc(NC3CCC(=O)NC3=O)c2)CC1. The van der Waals surface area contributed by atoms with Gasteiger partial charge < -0.3 is 20.3 Å². The topological polar surface area (TPSA) is 150 Å². The van der Waals surface area contributed by atoms with Crippen LogP contribution in [0, 0.1) is 17.1 Å². The lowest BCUT2D eigenvalue weighted by Gasteiger charge is -2.34. The molecule has 3 saturated heterocycles. The average molecular weight is 823 g/mol. The third-order valence-corrected chi connectivity index (χ3v) is 10.7. The van der Waals surface area contributed by atoms with Crippen LogP contribution in [0.1, 0.15) is 50.3 Å². The highest BCUT2D eigenvalue weighted by atomic mass is 32.1. The Balaban J connectivity index is 1.00. The molecule has 3 aromatic carbocycles. The summed E-state index contributed by atoms with van der Waals surface area (Å²) in [5.74, 6) is -1.63. The Morgan fingerprint density at radius 2 is 1.69 bits per heavy atom. The lowest BCUT2D eigenvalue weighted by Crippen LogP contribution is -2.49. The number of thiocarbonyl (C=S) groups is 1. The number of aryl methyl sites for hydroxylation is 1. The molecule has 4 amide bonds. The zero-order valence-electron chi connectivity index (χ0n) is 32.0. The molecular weight excluding hydrogens is 781 g/mol. The maximum absolute atomic E-state index is 14.4. The lowest BCUT2D eigenvalue weighted by atomic mass is 10.0. The first-order chi connectivity index (χ1) is 27.5. The van der Waals surface area contributed by atoms with Gasteiger partial charge in [0.15, 0.2) is 5.11 Å². The van der Waals surface area contributed by atoms with Crippen LogP contribution in [0.4, 0.5) is 40.3 Å². The number of carbonyl (C=O) groups is 4. The van der Waals surface area contributed by atoms with Crippen LogP contribution in [0.2, 0.25) is 0 Å². The van der Waals surface area contributed by atoms with Gasteiger partial charge in [0.25, 0.3) is 5.91 Å². The van der Waals surface area contributed by atoms with Gasteiger partial charge in [-0.15, -0.1) is 0 Å². The summed E-state index contributed by atoms with van der Waals surface area (Å²) in [5, 5.41) is 17.1. The van der Waals surface area contributed by atoms with Crippen molar-refractivity contribution in [2.75, 3.05) is 66.3 Å². The van der Waals surface area contributed by atoms with Gasteiger partial charge in [-0.2, -0.15) is 18.4 Å². The zero-order chi connectivity index (χ0) is 41.9. The Bertz CT molecular complexity index is 2170. The van der Waals surface area contributed by atoms with E-state index in [0.717, 1.165) is 22.6 Å². The first kappa shape index (κ1) is 42.0. The van der Waals surface area contributed by atoms with E-state index in [1.165, 1.54) is 24.3 Å². The first-order valence-corrected chi connectivity index (χ1v) is 19.1. The Hall–Kier alpha value is -5.64. The van der Waals surface area contributed by atoms with Crippen LogP contribution in [0.25, 0.3) is 0 Å². The van der Waals surface area contributed by atoms with E-state index in [2.05, 4.69) is 20.9 Å². The molecule has 1 atom stereocenters. The van der Waals surface area contributed by atoms with E-state index in [1.807, 2.05) is 17.9 Å². The zero-order valence-corrected chi connectivity index (χ0v) is 32.9. The molecule has 3 heterocycles. The fourth-order valence-corrected chi connectivity index (χ4v) is 7.74. The van der Waals surface area contributed by atoms with Gasteiger partial charge in [-0.3, -0.25) is 39.2 Å². The smallest absolute Gasteiger partial charge is 0.417 e. The number of halogens is 4. The van der Waals surface area contributed by atoms with Gasteiger partial charge in [0.2, 0.25) is 17.7 Å². The predicted molar refractivity (Wildman–Crippen MR) is 212 cm³/mol. The number of rotatable bonds is 12. The van der Waals surface area contributed by atoms with Gasteiger partial charge in [-0.25, -0.2) is 4.39 Å². The number of piperidine rings is 1.